The van der Waals surface area contributed by atoms with Crippen LogP contribution in [0.15, 0.2) is 53.1 Å². The van der Waals surface area contributed by atoms with Gasteiger partial charge in [0.1, 0.15) is 0 Å². The largest absolute Gasteiger partial charge is 0.326 e. The van der Waals surface area contributed by atoms with E-state index in [0.717, 1.165) is 27.4 Å². The minimum atomic E-state index is 0.576. The maximum Gasteiger partial charge on any atom is 0.0933 e. The molecule has 0 aliphatic rings. The van der Waals surface area contributed by atoms with E-state index in [0.29, 0.717) is 6.54 Å². The van der Waals surface area contributed by atoms with E-state index in [1.807, 2.05) is 18.3 Å². The zero-order chi connectivity index (χ0) is 13.9. The lowest BCUT2D eigenvalue weighted by molar-refractivity contribution is 1.03. The molecule has 0 radical (unpaired) electrons. The van der Waals surface area contributed by atoms with E-state index in [9.17, 15) is 0 Å². The number of halogens is 1. The normalized spacial score (nSPS) is 10.9. The smallest absolute Gasteiger partial charge is 0.0933 e. The van der Waals surface area contributed by atoms with Crippen molar-refractivity contribution in [3.05, 3.63) is 69.8 Å². The average Bonchev–Trinajstić information content (AvgIpc) is 2.49. The minimum Gasteiger partial charge on any atom is -0.326 e. The lowest BCUT2D eigenvalue weighted by Crippen LogP contribution is -1.97. The molecule has 3 nitrogen and oxygen atoms in total. The number of fused-ring (bicyclic) bond motifs is 1. The fourth-order valence-electron chi connectivity index (χ4n) is 2.24. The molecule has 0 unspecified atom stereocenters. The molecule has 1 heterocycles. The van der Waals surface area contributed by atoms with Crippen LogP contribution in [0, 0.1) is 0 Å². The molecule has 3 aromatic rings. The maximum atomic E-state index is 5.62. The third-order valence-electron chi connectivity index (χ3n) is 3.34. The van der Waals surface area contributed by atoms with Crippen LogP contribution in [-0.4, -0.2) is 10.2 Å². The van der Waals surface area contributed by atoms with Gasteiger partial charge in [0, 0.05) is 16.4 Å². The first-order valence-electron chi connectivity index (χ1n) is 6.44. The van der Waals surface area contributed by atoms with E-state index in [1.54, 1.807) is 0 Å². The van der Waals surface area contributed by atoms with Crippen LogP contribution in [-0.2, 0) is 13.0 Å². The van der Waals surface area contributed by atoms with Gasteiger partial charge in [0.15, 0.2) is 0 Å². The molecule has 0 aliphatic heterocycles. The van der Waals surface area contributed by atoms with E-state index in [-0.39, 0.29) is 0 Å². The summed E-state index contributed by atoms with van der Waals surface area (Å²) in [4.78, 5) is 0. The molecular weight excluding hydrogens is 314 g/mol. The molecule has 0 fully saturated rings. The van der Waals surface area contributed by atoms with Gasteiger partial charge in [0.2, 0.25) is 0 Å². The van der Waals surface area contributed by atoms with Crippen LogP contribution < -0.4 is 5.73 Å². The molecule has 100 valence electrons. The Morgan fingerprint density at radius 1 is 1.00 bits per heavy atom. The first-order valence-corrected chi connectivity index (χ1v) is 7.23. The minimum absolute atomic E-state index is 0.576. The van der Waals surface area contributed by atoms with Crippen LogP contribution in [0.5, 0.6) is 0 Å². The van der Waals surface area contributed by atoms with E-state index >= 15 is 0 Å². The summed E-state index contributed by atoms with van der Waals surface area (Å²) in [7, 11) is 0. The summed E-state index contributed by atoms with van der Waals surface area (Å²) in [6, 6.07) is 14.4. The van der Waals surface area contributed by atoms with Crippen LogP contribution in [0.25, 0.3) is 10.9 Å². The Morgan fingerprint density at radius 2 is 1.75 bits per heavy atom. The second kappa shape index (κ2) is 5.69. The van der Waals surface area contributed by atoms with Gasteiger partial charge >= 0.3 is 0 Å². The molecule has 0 bridgehead atoms. The summed E-state index contributed by atoms with van der Waals surface area (Å²) in [5, 5.41) is 9.39. The Hall–Kier alpha value is -1.78. The number of rotatable bonds is 3. The molecule has 0 saturated heterocycles. The summed E-state index contributed by atoms with van der Waals surface area (Å²) >= 11 is 3.51. The molecule has 0 amide bonds. The maximum absolute atomic E-state index is 5.62. The molecule has 4 heteroatoms. The molecule has 0 spiro atoms. The van der Waals surface area contributed by atoms with Crippen molar-refractivity contribution in [3.8, 4) is 0 Å². The van der Waals surface area contributed by atoms with Crippen molar-refractivity contribution in [2.24, 2.45) is 5.73 Å². The van der Waals surface area contributed by atoms with Crippen molar-refractivity contribution >= 4 is 26.8 Å². The van der Waals surface area contributed by atoms with Gasteiger partial charge in [0.05, 0.1) is 11.7 Å². The summed E-state index contributed by atoms with van der Waals surface area (Å²) in [5.74, 6) is 0. The molecule has 0 saturated carbocycles. The third kappa shape index (κ3) is 2.71. The van der Waals surface area contributed by atoms with Gasteiger partial charge in [-0.3, -0.25) is 0 Å². The monoisotopic (exact) mass is 327 g/mol. The Bertz CT molecular complexity index is 738. The summed E-state index contributed by atoms with van der Waals surface area (Å²) < 4.78 is 1.05. The van der Waals surface area contributed by atoms with Crippen LogP contribution in [0.4, 0.5) is 0 Å². The third-order valence-corrected chi connectivity index (χ3v) is 3.83. The van der Waals surface area contributed by atoms with E-state index in [1.165, 1.54) is 11.1 Å². The molecular formula is C16H14BrN3. The van der Waals surface area contributed by atoms with Gasteiger partial charge < -0.3 is 5.73 Å². The molecule has 0 atom stereocenters. The molecule has 2 N–H and O–H groups in total. The Labute approximate surface area is 126 Å². The highest BCUT2D eigenvalue weighted by molar-refractivity contribution is 9.10. The standard InChI is InChI=1S/C16H14BrN3/c17-14-5-6-16-15(8-14)13(10-19-20-16)7-11-1-3-12(9-18)4-2-11/h1-6,8,10H,7,9,18H2. The number of aromatic nitrogens is 2. The van der Waals surface area contributed by atoms with Gasteiger partial charge in [-0.2, -0.15) is 10.2 Å². The van der Waals surface area contributed by atoms with Crippen molar-refractivity contribution in [2.45, 2.75) is 13.0 Å². The van der Waals surface area contributed by atoms with Crippen molar-refractivity contribution in [1.29, 1.82) is 0 Å². The van der Waals surface area contributed by atoms with E-state index in [2.05, 4.69) is 56.5 Å². The quantitative estimate of drug-likeness (QED) is 0.801. The van der Waals surface area contributed by atoms with Crippen LogP contribution in [0.2, 0.25) is 0 Å². The molecule has 3 rings (SSSR count). The predicted molar refractivity (Wildman–Crippen MR) is 84.4 cm³/mol. The van der Waals surface area contributed by atoms with Crippen LogP contribution in [0.1, 0.15) is 16.7 Å². The van der Waals surface area contributed by atoms with Gasteiger partial charge in [-0.25, -0.2) is 0 Å². The summed E-state index contributed by atoms with van der Waals surface area (Å²) in [6.45, 7) is 0.576. The molecule has 1 aromatic heterocycles. The average molecular weight is 328 g/mol. The predicted octanol–water partition coefficient (Wildman–Crippen LogP) is 3.44. The summed E-state index contributed by atoms with van der Waals surface area (Å²) in [6.07, 6.45) is 2.68. The Kier molecular flexibility index (Phi) is 3.76. The first kappa shape index (κ1) is 13.2. The van der Waals surface area contributed by atoms with Gasteiger partial charge in [-0.1, -0.05) is 40.2 Å². The van der Waals surface area contributed by atoms with E-state index in [4.69, 9.17) is 5.73 Å². The van der Waals surface area contributed by atoms with Crippen molar-refractivity contribution in [3.63, 3.8) is 0 Å². The summed E-state index contributed by atoms with van der Waals surface area (Å²) in [5.41, 5.74) is 10.1. The zero-order valence-electron chi connectivity index (χ0n) is 10.9. The number of nitrogens with two attached hydrogens (primary N) is 1. The molecule has 20 heavy (non-hydrogen) atoms. The van der Waals surface area contributed by atoms with Crippen molar-refractivity contribution < 1.29 is 0 Å². The molecule has 2 aromatic carbocycles. The highest BCUT2D eigenvalue weighted by atomic mass is 79.9. The number of benzene rings is 2. The Balaban J connectivity index is 1.99. The number of hydrogen-bond acceptors (Lipinski definition) is 3. The highest BCUT2D eigenvalue weighted by Crippen LogP contribution is 2.22. The second-order valence-electron chi connectivity index (χ2n) is 4.73. The fraction of sp³-hybridized carbons (Fsp3) is 0.125. The van der Waals surface area contributed by atoms with Crippen LogP contribution in [0.3, 0.4) is 0 Å². The first-order chi connectivity index (χ1) is 9.76. The lowest BCUT2D eigenvalue weighted by Gasteiger charge is -2.06. The van der Waals surface area contributed by atoms with Gasteiger partial charge in [0.25, 0.3) is 0 Å². The van der Waals surface area contributed by atoms with E-state index < -0.39 is 0 Å². The van der Waals surface area contributed by atoms with Gasteiger partial charge in [-0.15, -0.1) is 0 Å². The highest BCUT2D eigenvalue weighted by Gasteiger charge is 2.05. The topological polar surface area (TPSA) is 51.8 Å². The number of nitrogens with zero attached hydrogens (tertiary/aromatic N) is 2. The number of hydrogen-bond donors (Lipinski definition) is 1. The Morgan fingerprint density at radius 3 is 2.50 bits per heavy atom. The second-order valence-corrected chi connectivity index (χ2v) is 5.64. The van der Waals surface area contributed by atoms with Gasteiger partial charge in [-0.05, 0) is 41.3 Å². The fourth-order valence-corrected chi connectivity index (χ4v) is 2.60. The van der Waals surface area contributed by atoms with Crippen LogP contribution >= 0.6 is 15.9 Å². The lowest BCUT2D eigenvalue weighted by atomic mass is 10.0. The van der Waals surface area contributed by atoms with Crippen molar-refractivity contribution in [1.82, 2.24) is 10.2 Å². The zero-order valence-corrected chi connectivity index (χ0v) is 12.5. The SMILES string of the molecule is NCc1ccc(Cc2cnnc3ccc(Br)cc23)cc1. The molecule has 0 aliphatic carbocycles. The van der Waals surface area contributed by atoms with Crippen molar-refractivity contribution in [2.75, 3.05) is 0 Å².